The SMILES string of the molecule is COC1OC(Cn2cc(CNC(=O)C(C#N)=Cc3ccc4cc(N5CCCCC5)ccc4c3)nn2)C(OC(C)=O)C(OC(C)=O)C1OC(C)=O. The van der Waals surface area contributed by atoms with Gasteiger partial charge >= 0.3 is 17.9 Å². The molecule has 2 aliphatic heterocycles. The lowest BCUT2D eigenvalue weighted by molar-refractivity contribution is -0.300. The zero-order valence-corrected chi connectivity index (χ0v) is 28.4. The third-order valence-electron chi connectivity index (χ3n) is 8.36. The average molecular weight is 689 g/mol. The van der Waals surface area contributed by atoms with Gasteiger partial charge < -0.3 is 33.9 Å². The molecule has 3 heterocycles. The summed E-state index contributed by atoms with van der Waals surface area (Å²) in [6.07, 6.45) is 0.912. The fourth-order valence-corrected chi connectivity index (χ4v) is 6.16. The number of amides is 1. The summed E-state index contributed by atoms with van der Waals surface area (Å²) in [5.74, 6) is -2.66. The van der Waals surface area contributed by atoms with Crippen LogP contribution >= 0.6 is 0 Å². The van der Waals surface area contributed by atoms with Gasteiger partial charge in [-0.3, -0.25) is 19.2 Å². The molecule has 0 saturated carbocycles. The summed E-state index contributed by atoms with van der Waals surface area (Å²) in [5.41, 5.74) is 2.20. The Bertz CT molecular complexity index is 1790. The van der Waals surface area contributed by atoms with Crippen LogP contribution in [0.15, 0.2) is 48.2 Å². The quantitative estimate of drug-likeness (QED) is 0.134. The van der Waals surface area contributed by atoms with Gasteiger partial charge in [-0.1, -0.05) is 23.4 Å². The molecule has 2 saturated heterocycles. The van der Waals surface area contributed by atoms with E-state index in [4.69, 9.17) is 23.7 Å². The molecule has 0 radical (unpaired) electrons. The van der Waals surface area contributed by atoms with E-state index in [2.05, 4.69) is 38.7 Å². The van der Waals surface area contributed by atoms with E-state index in [1.165, 1.54) is 69.8 Å². The molecule has 0 aliphatic carbocycles. The minimum atomic E-state index is -1.25. The lowest BCUT2D eigenvalue weighted by Crippen LogP contribution is -2.62. The van der Waals surface area contributed by atoms with Crippen LogP contribution in [-0.4, -0.2) is 89.7 Å². The van der Waals surface area contributed by atoms with Crippen LogP contribution in [0.5, 0.6) is 0 Å². The zero-order valence-electron chi connectivity index (χ0n) is 28.4. The second-order valence-electron chi connectivity index (χ2n) is 12.1. The first kappa shape index (κ1) is 36.0. The van der Waals surface area contributed by atoms with E-state index in [-0.39, 0.29) is 18.7 Å². The van der Waals surface area contributed by atoms with Crippen molar-refractivity contribution in [1.82, 2.24) is 20.3 Å². The predicted octanol–water partition coefficient (Wildman–Crippen LogP) is 2.81. The van der Waals surface area contributed by atoms with Gasteiger partial charge in [0.25, 0.3) is 5.91 Å². The van der Waals surface area contributed by atoms with E-state index < -0.39 is 54.5 Å². The number of carbonyl (C=O) groups excluding carboxylic acids is 4. The molecule has 1 aromatic heterocycles. The third-order valence-corrected chi connectivity index (χ3v) is 8.36. The molecule has 5 rings (SSSR count). The zero-order chi connectivity index (χ0) is 35.8. The summed E-state index contributed by atoms with van der Waals surface area (Å²) in [6.45, 7) is 5.54. The summed E-state index contributed by atoms with van der Waals surface area (Å²) in [4.78, 5) is 51.2. The number of fused-ring (bicyclic) bond motifs is 1. The Labute approximate surface area is 289 Å². The molecule has 5 unspecified atom stereocenters. The van der Waals surface area contributed by atoms with Crippen LogP contribution in [0.4, 0.5) is 5.69 Å². The molecule has 3 aromatic rings. The van der Waals surface area contributed by atoms with Crippen molar-refractivity contribution in [2.45, 2.75) is 83.8 Å². The number of ether oxygens (including phenoxy) is 5. The number of nitrogens with zero attached hydrogens (tertiary/aromatic N) is 5. The van der Waals surface area contributed by atoms with Crippen molar-refractivity contribution < 1.29 is 42.9 Å². The summed E-state index contributed by atoms with van der Waals surface area (Å²) in [6, 6.07) is 14.1. The summed E-state index contributed by atoms with van der Waals surface area (Å²) >= 11 is 0. The van der Waals surface area contributed by atoms with E-state index in [1.54, 1.807) is 0 Å². The monoisotopic (exact) mass is 688 g/mol. The van der Waals surface area contributed by atoms with E-state index in [1.807, 2.05) is 24.3 Å². The molecular formula is C35H40N6O9. The molecule has 2 aliphatic rings. The number of hydrogen-bond donors (Lipinski definition) is 1. The number of piperidine rings is 1. The molecule has 15 nitrogen and oxygen atoms in total. The maximum Gasteiger partial charge on any atom is 0.303 e. The Kier molecular flexibility index (Phi) is 11.8. The van der Waals surface area contributed by atoms with Crippen molar-refractivity contribution in [1.29, 1.82) is 5.26 Å². The van der Waals surface area contributed by atoms with E-state index in [0.29, 0.717) is 11.3 Å². The van der Waals surface area contributed by atoms with Gasteiger partial charge in [-0.25, -0.2) is 4.68 Å². The van der Waals surface area contributed by atoms with Gasteiger partial charge in [0, 0.05) is 46.7 Å². The van der Waals surface area contributed by atoms with Gasteiger partial charge in [-0.2, -0.15) is 5.26 Å². The van der Waals surface area contributed by atoms with Crippen molar-refractivity contribution in [3.8, 4) is 6.07 Å². The fourth-order valence-electron chi connectivity index (χ4n) is 6.16. The molecule has 0 bridgehead atoms. The minimum Gasteiger partial charge on any atom is -0.456 e. The van der Waals surface area contributed by atoms with Crippen molar-refractivity contribution >= 4 is 46.4 Å². The summed E-state index contributed by atoms with van der Waals surface area (Å²) in [7, 11) is 1.32. The van der Waals surface area contributed by atoms with Gasteiger partial charge in [0.1, 0.15) is 23.4 Å². The van der Waals surface area contributed by atoms with Gasteiger partial charge in [0.2, 0.25) is 0 Å². The molecule has 2 aromatic carbocycles. The first-order valence-electron chi connectivity index (χ1n) is 16.3. The molecular weight excluding hydrogens is 648 g/mol. The smallest absolute Gasteiger partial charge is 0.303 e. The lowest BCUT2D eigenvalue weighted by Gasteiger charge is -2.43. The molecule has 5 atom stereocenters. The number of carbonyl (C=O) groups is 4. The van der Waals surface area contributed by atoms with Crippen molar-refractivity contribution in [2.75, 3.05) is 25.1 Å². The standard InChI is InChI=1S/C35H40N6O9/c1-21(42)47-31-30(50-35(46-4)33(49-23(3)44)32(31)48-22(2)43)20-41-19-28(38-39-41)18-37-34(45)27(17-36)15-24-8-9-26-16-29(11-10-25(26)14-24)40-12-6-5-7-13-40/h8-11,14-16,19,30-33,35H,5-7,12-13,18,20H2,1-4H3,(H,37,45). The number of methoxy groups -OCH3 is 1. The fraction of sp³-hybridized carbons (Fsp3) is 0.457. The third kappa shape index (κ3) is 9.01. The molecule has 15 heteroatoms. The molecule has 264 valence electrons. The van der Waals surface area contributed by atoms with E-state index >= 15 is 0 Å². The first-order valence-corrected chi connectivity index (χ1v) is 16.3. The first-order chi connectivity index (χ1) is 24.0. The largest absolute Gasteiger partial charge is 0.456 e. The van der Waals surface area contributed by atoms with E-state index in [0.717, 1.165) is 23.9 Å². The maximum absolute atomic E-state index is 13.0. The molecule has 1 amide bonds. The molecule has 0 spiro atoms. The highest BCUT2D eigenvalue weighted by Gasteiger charge is 2.52. The van der Waals surface area contributed by atoms with Crippen molar-refractivity contribution in [3.63, 3.8) is 0 Å². The summed E-state index contributed by atoms with van der Waals surface area (Å²) < 4.78 is 29.0. The van der Waals surface area contributed by atoms with Crippen LogP contribution in [-0.2, 0) is 56.0 Å². The van der Waals surface area contributed by atoms with Crippen molar-refractivity contribution in [2.24, 2.45) is 0 Å². The predicted molar refractivity (Wildman–Crippen MR) is 178 cm³/mol. The number of benzene rings is 2. The number of hydrogen-bond acceptors (Lipinski definition) is 13. The molecule has 1 N–H and O–H groups in total. The van der Waals surface area contributed by atoms with E-state index in [9.17, 15) is 24.4 Å². The Hall–Kier alpha value is -5.33. The number of anilines is 1. The Morgan fingerprint density at radius 1 is 0.940 bits per heavy atom. The molecule has 50 heavy (non-hydrogen) atoms. The number of rotatable bonds is 11. The minimum absolute atomic E-state index is 0.0426. The molecule has 2 fully saturated rings. The van der Waals surface area contributed by atoms with Crippen LogP contribution < -0.4 is 10.2 Å². The van der Waals surface area contributed by atoms with Crippen LogP contribution in [0.1, 0.15) is 51.3 Å². The highest BCUT2D eigenvalue weighted by Crippen LogP contribution is 2.30. The summed E-state index contributed by atoms with van der Waals surface area (Å²) in [5, 5.41) is 22.7. The number of aromatic nitrogens is 3. The number of esters is 3. The number of nitrogens with one attached hydrogen (secondary N) is 1. The van der Waals surface area contributed by atoms with Crippen LogP contribution in [0.2, 0.25) is 0 Å². The Balaban J connectivity index is 1.24. The van der Waals surface area contributed by atoms with Crippen LogP contribution in [0, 0.1) is 11.3 Å². The average Bonchev–Trinajstić information content (AvgIpc) is 3.55. The van der Waals surface area contributed by atoms with Gasteiger partial charge in [0.15, 0.2) is 24.6 Å². The van der Waals surface area contributed by atoms with Crippen molar-refractivity contribution in [3.05, 3.63) is 59.4 Å². The highest BCUT2D eigenvalue weighted by atomic mass is 16.7. The van der Waals surface area contributed by atoms with Crippen LogP contribution in [0.25, 0.3) is 16.8 Å². The van der Waals surface area contributed by atoms with Gasteiger partial charge in [0.05, 0.1) is 19.3 Å². The Morgan fingerprint density at radius 3 is 2.28 bits per heavy atom. The van der Waals surface area contributed by atoms with Gasteiger partial charge in [-0.05, 0) is 59.9 Å². The normalized spacial score (nSPS) is 22.3. The Morgan fingerprint density at radius 2 is 1.60 bits per heavy atom. The second-order valence-corrected chi connectivity index (χ2v) is 12.1. The topological polar surface area (TPSA) is 184 Å². The number of nitriles is 1. The van der Waals surface area contributed by atoms with Gasteiger partial charge in [-0.15, -0.1) is 5.10 Å². The highest BCUT2D eigenvalue weighted by molar-refractivity contribution is 6.02. The second kappa shape index (κ2) is 16.4. The maximum atomic E-state index is 13.0. The van der Waals surface area contributed by atoms with Crippen LogP contribution in [0.3, 0.4) is 0 Å². The lowest BCUT2D eigenvalue weighted by atomic mass is 9.97.